The predicted molar refractivity (Wildman–Crippen MR) is 73.5 cm³/mol. The minimum absolute atomic E-state index is 0.172. The van der Waals surface area contributed by atoms with Gasteiger partial charge in [-0.3, -0.25) is 14.2 Å². The van der Waals surface area contributed by atoms with Gasteiger partial charge in [-0.25, -0.2) is 4.98 Å². The molecule has 102 valence electrons. The number of aromatic nitrogens is 2. The summed E-state index contributed by atoms with van der Waals surface area (Å²) in [6.07, 6.45) is 4.56. The number of rotatable bonds is 2. The van der Waals surface area contributed by atoms with E-state index in [1.54, 1.807) is 16.3 Å². The molecule has 1 aromatic rings. The molecule has 1 aliphatic carbocycles. The van der Waals surface area contributed by atoms with Crippen LogP contribution in [-0.4, -0.2) is 27.3 Å². The quantitative estimate of drug-likeness (QED) is 0.828. The molecule has 2 atom stereocenters. The second kappa shape index (κ2) is 5.00. The molecule has 0 bridgehead atoms. The van der Waals surface area contributed by atoms with E-state index in [1.807, 2.05) is 0 Å². The maximum atomic E-state index is 12.2. The van der Waals surface area contributed by atoms with Crippen LogP contribution in [0.25, 0.3) is 0 Å². The Balaban J connectivity index is 1.79. The molecule has 2 aliphatic rings. The summed E-state index contributed by atoms with van der Waals surface area (Å²) in [4.78, 5) is 28.5. The largest absolute Gasteiger partial charge is 0.349 e. The van der Waals surface area contributed by atoms with Crippen LogP contribution in [-0.2, 0) is 6.54 Å². The van der Waals surface area contributed by atoms with Crippen molar-refractivity contribution < 1.29 is 4.79 Å². The SMILES string of the molecule is CC1CCC(NC(=O)c2cnc3n(c2=O)CCS3)C1. The third-order valence-electron chi connectivity index (χ3n) is 3.83. The Hall–Kier alpha value is -1.30. The van der Waals surface area contributed by atoms with Crippen molar-refractivity contribution >= 4 is 17.7 Å². The molecule has 2 heterocycles. The number of hydrogen-bond acceptors (Lipinski definition) is 4. The maximum Gasteiger partial charge on any atom is 0.267 e. The minimum Gasteiger partial charge on any atom is -0.349 e. The second-order valence-corrected chi connectivity index (χ2v) is 6.41. The molecule has 6 heteroatoms. The average molecular weight is 279 g/mol. The first-order valence-corrected chi connectivity index (χ1v) is 7.67. The molecule has 1 saturated carbocycles. The van der Waals surface area contributed by atoms with E-state index >= 15 is 0 Å². The van der Waals surface area contributed by atoms with Crippen LogP contribution >= 0.6 is 11.8 Å². The maximum absolute atomic E-state index is 12.2. The molecule has 3 rings (SSSR count). The second-order valence-electron chi connectivity index (χ2n) is 5.35. The van der Waals surface area contributed by atoms with Crippen LogP contribution in [0.1, 0.15) is 36.5 Å². The summed E-state index contributed by atoms with van der Waals surface area (Å²) in [5, 5.41) is 3.68. The van der Waals surface area contributed by atoms with Crippen LogP contribution in [0.2, 0.25) is 0 Å². The molecule has 1 fully saturated rings. The van der Waals surface area contributed by atoms with Gasteiger partial charge in [0.1, 0.15) is 5.56 Å². The van der Waals surface area contributed by atoms with Gasteiger partial charge in [-0.05, 0) is 25.2 Å². The molecule has 0 spiro atoms. The Labute approximate surface area is 115 Å². The highest BCUT2D eigenvalue weighted by atomic mass is 32.2. The van der Waals surface area contributed by atoms with E-state index in [0.717, 1.165) is 30.2 Å². The van der Waals surface area contributed by atoms with Crippen molar-refractivity contribution in [3.05, 3.63) is 22.1 Å². The van der Waals surface area contributed by atoms with Crippen LogP contribution < -0.4 is 10.9 Å². The van der Waals surface area contributed by atoms with Crippen molar-refractivity contribution in [1.82, 2.24) is 14.9 Å². The van der Waals surface area contributed by atoms with Gasteiger partial charge in [0.25, 0.3) is 11.5 Å². The van der Waals surface area contributed by atoms with Gasteiger partial charge in [0.05, 0.1) is 0 Å². The number of thioether (sulfide) groups is 1. The fourth-order valence-corrected chi connectivity index (χ4v) is 3.69. The van der Waals surface area contributed by atoms with Crippen LogP contribution in [0.3, 0.4) is 0 Å². The average Bonchev–Trinajstić information content (AvgIpc) is 2.99. The van der Waals surface area contributed by atoms with Crippen molar-refractivity contribution in [2.24, 2.45) is 5.92 Å². The molecule has 19 heavy (non-hydrogen) atoms. The topological polar surface area (TPSA) is 64.0 Å². The van der Waals surface area contributed by atoms with Crippen molar-refractivity contribution in [1.29, 1.82) is 0 Å². The van der Waals surface area contributed by atoms with E-state index in [0.29, 0.717) is 12.5 Å². The van der Waals surface area contributed by atoms with E-state index in [4.69, 9.17) is 0 Å². The minimum atomic E-state index is -0.274. The van der Waals surface area contributed by atoms with Gasteiger partial charge in [-0.15, -0.1) is 0 Å². The summed E-state index contributed by atoms with van der Waals surface area (Å²) in [6, 6.07) is 0.203. The first-order chi connectivity index (χ1) is 9.15. The Bertz CT molecular complexity index is 569. The normalized spacial score (nSPS) is 25.3. The third-order valence-corrected chi connectivity index (χ3v) is 4.80. The lowest BCUT2D eigenvalue weighted by atomic mass is 10.1. The van der Waals surface area contributed by atoms with Crippen LogP contribution in [0.15, 0.2) is 16.1 Å². The van der Waals surface area contributed by atoms with Crippen LogP contribution in [0.5, 0.6) is 0 Å². The molecule has 0 aromatic carbocycles. The lowest BCUT2D eigenvalue weighted by Crippen LogP contribution is -2.38. The highest BCUT2D eigenvalue weighted by Crippen LogP contribution is 2.25. The zero-order valence-corrected chi connectivity index (χ0v) is 11.7. The fraction of sp³-hybridized carbons (Fsp3) is 0.615. The number of amides is 1. The summed E-state index contributed by atoms with van der Waals surface area (Å²) in [7, 11) is 0. The molecule has 1 aromatic heterocycles. The zero-order chi connectivity index (χ0) is 13.4. The van der Waals surface area contributed by atoms with E-state index < -0.39 is 0 Å². The van der Waals surface area contributed by atoms with Gasteiger partial charge in [-0.1, -0.05) is 18.7 Å². The fourth-order valence-electron chi connectivity index (χ4n) is 2.77. The summed E-state index contributed by atoms with van der Waals surface area (Å²) in [5.41, 5.74) is -0.0376. The van der Waals surface area contributed by atoms with Gasteiger partial charge in [-0.2, -0.15) is 0 Å². The third kappa shape index (κ3) is 2.41. The smallest absolute Gasteiger partial charge is 0.267 e. The zero-order valence-electron chi connectivity index (χ0n) is 10.9. The molecule has 1 amide bonds. The monoisotopic (exact) mass is 279 g/mol. The molecule has 5 nitrogen and oxygen atoms in total. The number of hydrogen-bond donors (Lipinski definition) is 1. The summed E-state index contributed by atoms with van der Waals surface area (Å²) < 4.78 is 1.59. The van der Waals surface area contributed by atoms with Crippen LogP contribution in [0, 0.1) is 5.92 Å². The number of carbonyl (C=O) groups is 1. The molecule has 1 N–H and O–H groups in total. The van der Waals surface area contributed by atoms with Crippen molar-refractivity contribution in [2.75, 3.05) is 5.75 Å². The molecular formula is C13H17N3O2S. The van der Waals surface area contributed by atoms with E-state index in [9.17, 15) is 9.59 Å². The molecule has 2 unspecified atom stereocenters. The van der Waals surface area contributed by atoms with Gasteiger partial charge >= 0.3 is 0 Å². The first kappa shape index (κ1) is 12.7. The van der Waals surface area contributed by atoms with E-state index in [1.165, 1.54) is 6.20 Å². The van der Waals surface area contributed by atoms with E-state index in [2.05, 4.69) is 17.2 Å². The molecular weight excluding hydrogens is 262 g/mol. The van der Waals surface area contributed by atoms with E-state index in [-0.39, 0.29) is 23.1 Å². The summed E-state index contributed by atoms with van der Waals surface area (Å²) >= 11 is 1.56. The Morgan fingerprint density at radius 2 is 2.37 bits per heavy atom. The lowest BCUT2D eigenvalue weighted by molar-refractivity contribution is 0.0934. The Kier molecular flexibility index (Phi) is 3.35. The van der Waals surface area contributed by atoms with Gasteiger partial charge < -0.3 is 5.32 Å². The summed E-state index contributed by atoms with van der Waals surface area (Å²) in [6.45, 7) is 2.84. The highest BCUT2D eigenvalue weighted by Gasteiger charge is 2.25. The van der Waals surface area contributed by atoms with Gasteiger partial charge in [0, 0.05) is 24.5 Å². The van der Waals surface area contributed by atoms with Crippen molar-refractivity contribution in [3.8, 4) is 0 Å². The van der Waals surface area contributed by atoms with Gasteiger partial charge in [0.15, 0.2) is 5.16 Å². The molecule has 0 radical (unpaired) electrons. The number of nitrogens with one attached hydrogen (secondary N) is 1. The number of nitrogens with zero attached hydrogens (tertiary/aromatic N) is 2. The standard InChI is InChI=1S/C13H17N3O2S/c1-8-2-3-9(6-8)15-11(17)10-7-14-13-16(12(10)18)4-5-19-13/h7-9H,2-6H2,1H3,(H,15,17). The summed E-state index contributed by atoms with van der Waals surface area (Å²) in [5.74, 6) is 1.23. The van der Waals surface area contributed by atoms with Gasteiger partial charge in [0.2, 0.25) is 0 Å². The van der Waals surface area contributed by atoms with Crippen molar-refractivity contribution in [3.63, 3.8) is 0 Å². The van der Waals surface area contributed by atoms with Crippen LogP contribution in [0.4, 0.5) is 0 Å². The molecule has 1 aliphatic heterocycles. The number of carbonyl (C=O) groups excluding carboxylic acids is 1. The lowest BCUT2D eigenvalue weighted by Gasteiger charge is -2.12. The molecule has 0 saturated heterocycles. The first-order valence-electron chi connectivity index (χ1n) is 6.68. The van der Waals surface area contributed by atoms with Crippen molar-refractivity contribution in [2.45, 2.75) is 43.9 Å². The number of fused-ring (bicyclic) bond motifs is 1. The highest BCUT2D eigenvalue weighted by molar-refractivity contribution is 7.99. The predicted octanol–water partition coefficient (Wildman–Crippen LogP) is 1.27. The Morgan fingerprint density at radius 3 is 3.11 bits per heavy atom. The Morgan fingerprint density at radius 1 is 1.53 bits per heavy atom.